The largest absolute Gasteiger partial charge is 0.392 e. The molecule has 0 heterocycles. The number of aliphatic hydroxyl groups is 1. The van der Waals surface area contributed by atoms with E-state index in [0.29, 0.717) is 6.42 Å². The first kappa shape index (κ1) is 14.7. The van der Waals surface area contributed by atoms with Gasteiger partial charge >= 0.3 is 0 Å². The van der Waals surface area contributed by atoms with Crippen molar-refractivity contribution in [3.8, 4) is 0 Å². The monoisotopic (exact) mass is 307 g/mol. The Hall–Kier alpha value is -0.690. The number of hydrogen-bond donors (Lipinski definition) is 2. The van der Waals surface area contributed by atoms with Gasteiger partial charge in [-0.15, -0.1) is 0 Å². The molecule has 19 heavy (non-hydrogen) atoms. The second-order valence-corrected chi connectivity index (χ2v) is 7.41. The number of nitrogens with one attached hydrogen (secondary N) is 1. The summed E-state index contributed by atoms with van der Waals surface area (Å²) in [6, 6.07) is 2.78. The van der Waals surface area contributed by atoms with Crippen LogP contribution in [0, 0.1) is 11.2 Å². The summed E-state index contributed by atoms with van der Waals surface area (Å²) in [5.41, 5.74) is -0.549. The van der Waals surface area contributed by atoms with Crippen LogP contribution in [-0.4, -0.2) is 25.7 Å². The third-order valence-corrected chi connectivity index (χ3v) is 5.65. The van der Waals surface area contributed by atoms with E-state index in [1.54, 1.807) is 13.8 Å². The van der Waals surface area contributed by atoms with Crippen molar-refractivity contribution in [2.45, 2.75) is 37.3 Å². The van der Waals surface area contributed by atoms with Crippen molar-refractivity contribution in [1.29, 1.82) is 0 Å². The van der Waals surface area contributed by atoms with Crippen molar-refractivity contribution in [3.63, 3.8) is 0 Å². The quantitative estimate of drug-likeness (QED) is 0.896. The van der Waals surface area contributed by atoms with Gasteiger partial charge in [-0.05, 0) is 24.6 Å². The minimum atomic E-state index is -3.90. The predicted octanol–water partition coefficient (Wildman–Crippen LogP) is 1.92. The highest BCUT2D eigenvalue weighted by atomic mass is 35.5. The van der Waals surface area contributed by atoms with Crippen LogP contribution in [0.15, 0.2) is 23.1 Å². The lowest BCUT2D eigenvalue weighted by molar-refractivity contribution is -0.0645. The Morgan fingerprint density at radius 2 is 2.11 bits per heavy atom. The van der Waals surface area contributed by atoms with E-state index in [0.717, 1.165) is 12.1 Å². The highest BCUT2D eigenvalue weighted by Gasteiger charge is 2.49. The normalized spacial score (nSPS) is 25.9. The maximum absolute atomic E-state index is 13.1. The number of halogens is 2. The summed E-state index contributed by atoms with van der Waals surface area (Å²) in [5.74, 6) is -0.669. The van der Waals surface area contributed by atoms with Crippen LogP contribution in [0.4, 0.5) is 4.39 Å². The van der Waals surface area contributed by atoms with E-state index in [1.165, 1.54) is 6.07 Å². The van der Waals surface area contributed by atoms with Crippen LogP contribution in [0.2, 0.25) is 5.02 Å². The van der Waals surface area contributed by atoms with Crippen LogP contribution in [-0.2, 0) is 10.0 Å². The molecular weight excluding hydrogens is 293 g/mol. The Bertz CT molecular complexity index is 603. The first-order valence-electron chi connectivity index (χ1n) is 5.80. The molecule has 0 aliphatic heterocycles. The third-order valence-electron chi connectivity index (χ3n) is 3.70. The molecule has 2 rings (SSSR count). The molecule has 1 aromatic carbocycles. The van der Waals surface area contributed by atoms with Gasteiger partial charge < -0.3 is 5.11 Å². The van der Waals surface area contributed by atoms with Gasteiger partial charge in [0.2, 0.25) is 10.0 Å². The van der Waals surface area contributed by atoms with Crippen LogP contribution in [0.3, 0.4) is 0 Å². The van der Waals surface area contributed by atoms with Crippen molar-refractivity contribution in [2.75, 3.05) is 0 Å². The average molecular weight is 308 g/mol. The highest BCUT2D eigenvalue weighted by Crippen LogP contribution is 2.41. The molecule has 1 saturated carbocycles. The molecule has 0 spiro atoms. The molecule has 106 valence electrons. The SMILES string of the molecule is CC1(C)C(O)CC1NS(=O)(=O)c1cc(F)ccc1Cl. The second-order valence-electron chi connectivity index (χ2n) is 5.32. The molecule has 0 bridgehead atoms. The Morgan fingerprint density at radius 3 is 2.63 bits per heavy atom. The summed E-state index contributed by atoms with van der Waals surface area (Å²) in [6.45, 7) is 3.53. The molecule has 2 N–H and O–H groups in total. The minimum Gasteiger partial charge on any atom is -0.392 e. The predicted molar refractivity (Wildman–Crippen MR) is 69.9 cm³/mol. The van der Waals surface area contributed by atoms with Crippen LogP contribution in [0.25, 0.3) is 0 Å². The van der Waals surface area contributed by atoms with Gasteiger partial charge in [0.25, 0.3) is 0 Å². The number of hydrogen-bond acceptors (Lipinski definition) is 3. The molecule has 0 saturated heterocycles. The van der Waals surface area contributed by atoms with E-state index in [2.05, 4.69) is 4.72 Å². The van der Waals surface area contributed by atoms with Gasteiger partial charge in [-0.1, -0.05) is 25.4 Å². The van der Waals surface area contributed by atoms with Gasteiger partial charge in [-0.25, -0.2) is 17.5 Å². The average Bonchev–Trinajstić information content (AvgIpc) is 2.31. The number of rotatable bonds is 3. The van der Waals surface area contributed by atoms with Gasteiger partial charge in [0.15, 0.2) is 0 Å². The summed E-state index contributed by atoms with van der Waals surface area (Å²) in [7, 11) is -3.90. The number of sulfonamides is 1. The fourth-order valence-corrected chi connectivity index (χ4v) is 3.95. The van der Waals surface area contributed by atoms with E-state index in [-0.39, 0.29) is 9.92 Å². The maximum Gasteiger partial charge on any atom is 0.242 e. The van der Waals surface area contributed by atoms with Gasteiger partial charge in [-0.2, -0.15) is 0 Å². The Morgan fingerprint density at radius 1 is 1.47 bits per heavy atom. The van der Waals surface area contributed by atoms with E-state index in [9.17, 15) is 17.9 Å². The zero-order valence-electron chi connectivity index (χ0n) is 10.5. The first-order chi connectivity index (χ1) is 8.64. The lowest BCUT2D eigenvalue weighted by Crippen LogP contribution is -2.61. The van der Waals surface area contributed by atoms with Crippen molar-refractivity contribution in [1.82, 2.24) is 4.72 Å². The molecule has 1 aliphatic carbocycles. The Balaban J connectivity index is 2.27. The molecule has 1 aliphatic rings. The molecule has 1 fully saturated rings. The van der Waals surface area contributed by atoms with Crippen LogP contribution < -0.4 is 4.72 Å². The van der Waals surface area contributed by atoms with Crippen molar-refractivity contribution in [3.05, 3.63) is 29.0 Å². The van der Waals surface area contributed by atoms with Crippen LogP contribution in [0.5, 0.6) is 0 Å². The van der Waals surface area contributed by atoms with Gasteiger partial charge in [0, 0.05) is 11.5 Å². The van der Waals surface area contributed by atoms with Crippen molar-refractivity contribution >= 4 is 21.6 Å². The summed E-state index contributed by atoms with van der Waals surface area (Å²) in [4.78, 5) is -0.286. The van der Waals surface area contributed by atoms with Gasteiger partial charge in [0.05, 0.1) is 11.1 Å². The maximum atomic E-state index is 13.1. The van der Waals surface area contributed by atoms with Crippen molar-refractivity contribution < 1.29 is 17.9 Å². The molecule has 0 amide bonds. The second kappa shape index (κ2) is 4.70. The summed E-state index contributed by atoms with van der Waals surface area (Å²) >= 11 is 5.79. The lowest BCUT2D eigenvalue weighted by atomic mass is 9.65. The fourth-order valence-electron chi connectivity index (χ4n) is 2.04. The minimum absolute atomic E-state index is 0.0356. The molecule has 4 nitrogen and oxygen atoms in total. The number of benzene rings is 1. The molecule has 1 aromatic rings. The summed E-state index contributed by atoms with van der Waals surface area (Å²) in [6.07, 6.45) is -0.220. The molecule has 2 atom stereocenters. The molecule has 0 aromatic heterocycles. The molecule has 7 heteroatoms. The number of aliphatic hydroxyl groups excluding tert-OH is 1. The Labute approximate surface area is 116 Å². The molecule has 2 unspecified atom stereocenters. The zero-order chi connectivity index (χ0) is 14.4. The van der Waals surface area contributed by atoms with E-state index in [4.69, 9.17) is 11.6 Å². The highest BCUT2D eigenvalue weighted by molar-refractivity contribution is 7.89. The lowest BCUT2D eigenvalue weighted by Gasteiger charge is -2.49. The third kappa shape index (κ3) is 2.63. The van der Waals surface area contributed by atoms with E-state index < -0.39 is 33.4 Å². The topological polar surface area (TPSA) is 66.4 Å². The summed E-state index contributed by atoms with van der Waals surface area (Å²) < 4.78 is 39.9. The van der Waals surface area contributed by atoms with E-state index in [1.807, 2.05) is 0 Å². The standard InChI is InChI=1S/C12H15ClFNO3S/c1-12(2)10(6-11(12)16)15-19(17,18)9-5-7(14)3-4-8(9)13/h3-5,10-11,15-16H,6H2,1-2H3. The smallest absolute Gasteiger partial charge is 0.242 e. The zero-order valence-corrected chi connectivity index (χ0v) is 12.1. The van der Waals surface area contributed by atoms with Crippen LogP contribution in [0.1, 0.15) is 20.3 Å². The fraction of sp³-hybridized carbons (Fsp3) is 0.500. The Kier molecular flexibility index (Phi) is 3.64. The van der Waals surface area contributed by atoms with Crippen molar-refractivity contribution in [2.24, 2.45) is 5.41 Å². The van der Waals surface area contributed by atoms with Gasteiger partial charge in [0.1, 0.15) is 10.7 Å². The van der Waals surface area contributed by atoms with Crippen LogP contribution >= 0.6 is 11.6 Å². The molecule has 0 radical (unpaired) electrons. The summed E-state index contributed by atoms with van der Waals surface area (Å²) in [5, 5.41) is 9.56. The van der Waals surface area contributed by atoms with Gasteiger partial charge in [-0.3, -0.25) is 0 Å². The molecular formula is C12H15ClFNO3S. The first-order valence-corrected chi connectivity index (χ1v) is 7.66. The van der Waals surface area contributed by atoms with E-state index >= 15 is 0 Å².